The lowest BCUT2D eigenvalue weighted by atomic mass is 10.0. The van der Waals surface area contributed by atoms with Gasteiger partial charge in [0.25, 0.3) is 0 Å². The van der Waals surface area contributed by atoms with Gasteiger partial charge in [-0.3, -0.25) is 4.90 Å². The second-order valence-electron chi connectivity index (χ2n) is 7.17. The lowest BCUT2D eigenvalue weighted by molar-refractivity contribution is 0.104. The van der Waals surface area contributed by atoms with Crippen LogP contribution in [0.4, 0.5) is 4.79 Å². The first-order chi connectivity index (χ1) is 12.7. The molecule has 26 heavy (non-hydrogen) atoms. The fourth-order valence-corrected chi connectivity index (χ4v) is 3.86. The van der Waals surface area contributed by atoms with E-state index in [1.54, 1.807) is 4.90 Å². The molecular weight excluding hydrogens is 326 g/mol. The zero-order valence-corrected chi connectivity index (χ0v) is 14.9. The molecule has 4 rings (SSSR count). The number of rotatable bonds is 4. The summed E-state index contributed by atoms with van der Waals surface area (Å²) in [7, 11) is 0. The van der Waals surface area contributed by atoms with Crippen molar-refractivity contribution in [2.45, 2.75) is 18.9 Å². The topological polar surface area (TPSA) is 58.8 Å². The molecule has 0 aliphatic carbocycles. The molecule has 2 aliphatic heterocycles. The fraction of sp³-hybridized carbons (Fsp3) is 0.381. The molecule has 0 spiro atoms. The van der Waals surface area contributed by atoms with Gasteiger partial charge in [-0.05, 0) is 29.2 Å². The number of hydrogen-bond donors (Lipinski definition) is 1. The number of fused-ring (bicyclic) bond motifs is 1. The molecule has 0 radical (unpaired) electrons. The summed E-state index contributed by atoms with van der Waals surface area (Å²) >= 11 is 0. The van der Waals surface area contributed by atoms with Crippen LogP contribution >= 0.6 is 0 Å². The SMILES string of the molecule is NC(=O)N1CCN(CC2Cc3cc(Cc4ccccc4)ccc3O2)CC1. The lowest BCUT2D eigenvalue weighted by Crippen LogP contribution is -2.52. The average molecular weight is 351 g/mol. The van der Waals surface area contributed by atoms with E-state index in [-0.39, 0.29) is 12.1 Å². The number of piperazine rings is 1. The van der Waals surface area contributed by atoms with Gasteiger partial charge < -0.3 is 15.4 Å². The summed E-state index contributed by atoms with van der Waals surface area (Å²) in [5.74, 6) is 1.02. The largest absolute Gasteiger partial charge is 0.488 e. The Balaban J connectivity index is 1.33. The molecule has 0 bridgehead atoms. The quantitative estimate of drug-likeness (QED) is 0.919. The first kappa shape index (κ1) is 16.9. The van der Waals surface area contributed by atoms with Crippen LogP contribution < -0.4 is 10.5 Å². The van der Waals surface area contributed by atoms with E-state index in [0.29, 0.717) is 13.1 Å². The maximum atomic E-state index is 11.2. The van der Waals surface area contributed by atoms with Crippen molar-refractivity contribution in [2.24, 2.45) is 5.73 Å². The zero-order chi connectivity index (χ0) is 17.9. The Kier molecular flexibility index (Phi) is 4.80. The third-order valence-electron chi connectivity index (χ3n) is 5.26. The number of nitrogens with zero attached hydrogens (tertiary/aromatic N) is 2. The summed E-state index contributed by atoms with van der Waals surface area (Å²) < 4.78 is 6.14. The molecule has 136 valence electrons. The van der Waals surface area contributed by atoms with Gasteiger partial charge >= 0.3 is 6.03 Å². The van der Waals surface area contributed by atoms with Gasteiger partial charge in [0.05, 0.1) is 0 Å². The number of benzene rings is 2. The van der Waals surface area contributed by atoms with Crippen molar-refractivity contribution in [1.82, 2.24) is 9.80 Å². The van der Waals surface area contributed by atoms with Crippen LogP contribution in [0.25, 0.3) is 0 Å². The number of carbonyl (C=O) groups excluding carboxylic acids is 1. The highest BCUT2D eigenvalue weighted by Gasteiger charge is 2.27. The average Bonchev–Trinajstić information content (AvgIpc) is 3.04. The van der Waals surface area contributed by atoms with Crippen LogP contribution in [0.15, 0.2) is 48.5 Å². The summed E-state index contributed by atoms with van der Waals surface area (Å²) in [6.45, 7) is 4.03. The molecule has 2 aromatic rings. The Morgan fingerprint density at radius 3 is 2.54 bits per heavy atom. The second-order valence-corrected chi connectivity index (χ2v) is 7.17. The highest BCUT2D eigenvalue weighted by Crippen LogP contribution is 2.30. The van der Waals surface area contributed by atoms with E-state index in [1.807, 2.05) is 6.07 Å². The van der Waals surface area contributed by atoms with E-state index in [2.05, 4.69) is 47.4 Å². The lowest BCUT2D eigenvalue weighted by Gasteiger charge is -2.34. The molecule has 2 aliphatic rings. The number of ether oxygens (including phenoxy) is 1. The van der Waals surface area contributed by atoms with E-state index in [4.69, 9.17) is 10.5 Å². The van der Waals surface area contributed by atoms with Crippen LogP contribution in [0.5, 0.6) is 5.75 Å². The van der Waals surface area contributed by atoms with Crippen LogP contribution in [0.2, 0.25) is 0 Å². The Morgan fingerprint density at radius 1 is 1.04 bits per heavy atom. The Morgan fingerprint density at radius 2 is 1.81 bits per heavy atom. The van der Waals surface area contributed by atoms with Crippen LogP contribution in [0.1, 0.15) is 16.7 Å². The summed E-state index contributed by atoms with van der Waals surface area (Å²) in [5.41, 5.74) is 9.31. The van der Waals surface area contributed by atoms with Gasteiger partial charge in [-0.15, -0.1) is 0 Å². The van der Waals surface area contributed by atoms with Gasteiger partial charge in [0.1, 0.15) is 11.9 Å². The van der Waals surface area contributed by atoms with Crippen molar-refractivity contribution in [3.05, 3.63) is 65.2 Å². The van der Waals surface area contributed by atoms with Crippen LogP contribution in [0, 0.1) is 0 Å². The monoisotopic (exact) mass is 351 g/mol. The maximum absolute atomic E-state index is 11.2. The number of carbonyl (C=O) groups is 1. The molecule has 1 saturated heterocycles. The van der Waals surface area contributed by atoms with E-state index in [9.17, 15) is 4.79 Å². The van der Waals surface area contributed by atoms with Crippen molar-refractivity contribution in [2.75, 3.05) is 32.7 Å². The first-order valence-electron chi connectivity index (χ1n) is 9.26. The minimum absolute atomic E-state index is 0.192. The molecule has 1 fully saturated rings. The number of amides is 2. The Hall–Kier alpha value is -2.53. The number of nitrogens with two attached hydrogens (primary N) is 1. The third-order valence-corrected chi connectivity index (χ3v) is 5.26. The van der Waals surface area contributed by atoms with Crippen molar-refractivity contribution in [1.29, 1.82) is 0 Å². The van der Waals surface area contributed by atoms with Crippen molar-refractivity contribution in [3.63, 3.8) is 0 Å². The number of primary amides is 1. The summed E-state index contributed by atoms with van der Waals surface area (Å²) in [5, 5.41) is 0. The van der Waals surface area contributed by atoms with Gasteiger partial charge in [-0.1, -0.05) is 42.5 Å². The van der Waals surface area contributed by atoms with Gasteiger partial charge in [0, 0.05) is 39.1 Å². The summed E-state index contributed by atoms with van der Waals surface area (Å²) in [6, 6.07) is 16.8. The third kappa shape index (κ3) is 3.83. The van der Waals surface area contributed by atoms with Crippen LogP contribution in [-0.2, 0) is 12.8 Å². The van der Waals surface area contributed by atoms with E-state index >= 15 is 0 Å². The second kappa shape index (κ2) is 7.38. The van der Waals surface area contributed by atoms with Crippen molar-refractivity contribution in [3.8, 4) is 5.75 Å². The van der Waals surface area contributed by atoms with E-state index in [0.717, 1.165) is 38.2 Å². The molecule has 1 atom stereocenters. The standard InChI is InChI=1S/C21H25N3O2/c22-21(25)24-10-8-23(9-11-24)15-19-14-18-13-17(6-7-20(18)26-19)12-16-4-2-1-3-5-16/h1-7,13,19H,8-12,14-15H2,(H2,22,25). The van der Waals surface area contributed by atoms with Gasteiger partial charge in [0.15, 0.2) is 0 Å². The predicted molar refractivity (Wildman–Crippen MR) is 101 cm³/mol. The molecule has 0 aromatic heterocycles. The van der Waals surface area contributed by atoms with Crippen LogP contribution in [-0.4, -0.2) is 54.7 Å². The van der Waals surface area contributed by atoms with Gasteiger partial charge in [-0.2, -0.15) is 0 Å². The normalized spacial score (nSPS) is 19.8. The highest BCUT2D eigenvalue weighted by molar-refractivity contribution is 5.72. The molecule has 5 nitrogen and oxygen atoms in total. The van der Waals surface area contributed by atoms with Crippen molar-refractivity contribution < 1.29 is 9.53 Å². The fourth-order valence-electron chi connectivity index (χ4n) is 3.86. The molecule has 1 unspecified atom stereocenters. The molecule has 0 saturated carbocycles. The minimum atomic E-state index is -0.319. The molecule has 2 heterocycles. The summed E-state index contributed by atoms with van der Waals surface area (Å²) in [6.07, 6.45) is 2.10. The smallest absolute Gasteiger partial charge is 0.314 e. The highest BCUT2D eigenvalue weighted by atomic mass is 16.5. The predicted octanol–water partition coefficient (Wildman–Crippen LogP) is 2.28. The maximum Gasteiger partial charge on any atom is 0.314 e. The number of hydrogen-bond acceptors (Lipinski definition) is 3. The van der Waals surface area contributed by atoms with Crippen molar-refractivity contribution >= 4 is 6.03 Å². The van der Waals surface area contributed by atoms with Crippen LogP contribution in [0.3, 0.4) is 0 Å². The van der Waals surface area contributed by atoms with E-state index in [1.165, 1.54) is 16.7 Å². The van der Waals surface area contributed by atoms with Gasteiger partial charge in [-0.25, -0.2) is 4.79 Å². The zero-order valence-electron chi connectivity index (χ0n) is 14.9. The molecule has 5 heteroatoms. The van der Waals surface area contributed by atoms with E-state index < -0.39 is 0 Å². The first-order valence-corrected chi connectivity index (χ1v) is 9.26. The molecule has 2 amide bonds. The molecular formula is C21H25N3O2. The Labute approximate surface area is 154 Å². The number of urea groups is 1. The summed E-state index contributed by atoms with van der Waals surface area (Å²) in [4.78, 5) is 15.3. The Bertz CT molecular complexity index is 770. The molecule has 2 N–H and O–H groups in total. The van der Waals surface area contributed by atoms with Gasteiger partial charge in [0.2, 0.25) is 0 Å². The minimum Gasteiger partial charge on any atom is -0.488 e. The molecule has 2 aromatic carbocycles.